The van der Waals surface area contributed by atoms with E-state index in [0.29, 0.717) is 13.0 Å². The molecule has 3 unspecified atom stereocenters. The Balaban J connectivity index is 2.09. The quantitative estimate of drug-likeness (QED) is 0.913. The molecule has 1 aliphatic heterocycles. The summed E-state index contributed by atoms with van der Waals surface area (Å²) in [5.41, 5.74) is 1.01. The molecule has 5 heteroatoms. The van der Waals surface area contributed by atoms with Gasteiger partial charge in [0.05, 0.1) is 11.8 Å². The van der Waals surface area contributed by atoms with Crippen molar-refractivity contribution in [3.8, 4) is 0 Å². The normalized spacial score (nSPS) is 25.1. The zero-order chi connectivity index (χ0) is 13.3. The first-order valence-electron chi connectivity index (χ1n) is 6.07. The maximum Gasteiger partial charge on any atom is 0.308 e. The van der Waals surface area contributed by atoms with Crippen LogP contribution in [0.3, 0.4) is 0 Å². The second-order valence-corrected chi connectivity index (χ2v) is 5.56. The minimum absolute atomic E-state index is 0.0321. The Morgan fingerprint density at radius 1 is 1.56 bits per heavy atom. The van der Waals surface area contributed by atoms with Crippen molar-refractivity contribution in [3.63, 3.8) is 0 Å². The molecule has 2 heterocycles. The number of nitrogens with zero attached hydrogens (tertiary/aromatic N) is 1. The molecule has 0 bridgehead atoms. The molecule has 18 heavy (non-hydrogen) atoms. The molecule has 1 aromatic heterocycles. The Kier molecular flexibility index (Phi) is 3.71. The highest BCUT2D eigenvalue weighted by atomic mass is 32.1. The summed E-state index contributed by atoms with van der Waals surface area (Å²) in [7, 11) is 0. The third kappa shape index (κ3) is 2.27. The summed E-state index contributed by atoms with van der Waals surface area (Å²) in [6.45, 7) is 4.25. The highest BCUT2D eigenvalue weighted by molar-refractivity contribution is 7.08. The van der Waals surface area contributed by atoms with Gasteiger partial charge in [0.25, 0.3) is 0 Å². The van der Waals surface area contributed by atoms with Crippen molar-refractivity contribution in [1.29, 1.82) is 0 Å². The van der Waals surface area contributed by atoms with E-state index in [1.807, 2.05) is 30.7 Å². The van der Waals surface area contributed by atoms with Gasteiger partial charge >= 0.3 is 5.97 Å². The number of hydrogen-bond acceptors (Lipinski definition) is 3. The number of carboxylic acid groups (broad SMARTS) is 1. The fourth-order valence-corrected chi connectivity index (χ4v) is 3.25. The number of carbonyl (C=O) groups excluding carboxylic acids is 1. The number of hydrogen-bond donors (Lipinski definition) is 1. The Hall–Kier alpha value is -1.36. The number of rotatable bonds is 3. The molecule has 0 radical (unpaired) electrons. The van der Waals surface area contributed by atoms with Gasteiger partial charge in [0.2, 0.25) is 5.91 Å². The van der Waals surface area contributed by atoms with Gasteiger partial charge < -0.3 is 10.0 Å². The average Bonchev–Trinajstić information content (AvgIpc) is 2.95. The van der Waals surface area contributed by atoms with E-state index >= 15 is 0 Å². The molecule has 1 saturated heterocycles. The average molecular weight is 267 g/mol. The van der Waals surface area contributed by atoms with E-state index in [1.54, 1.807) is 16.2 Å². The van der Waals surface area contributed by atoms with Crippen molar-refractivity contribution < 1.29 is 14.7 Å². The topological polar surface area (TPSA) is 57.6 Å². The maximum absolute atomic E-state index is 12.4. The summed E-state index contributed by atoms with van der Waals surface area (Å²) in [6.07, 6.45) is 0.554. The summed E-state index contributed by atoms with van der Waals surface area (Å²) < 4.78 is 0. The number of carbonyl (C=O) groups is 2. The molecule has 1 fully saturated rings. The molecule has 0 aliphatic carbocycles. The molecule has 1 aliphatic rings. The monoisotopic (exact) mass is 267 g/mol. The molecular formula is C13H17NO3S. The predicted molar refractivity (Wildman–Crippen MR) is 69.7 cm³/mol. The first-order valence-corrected chi connectivity index (χ1v) is 7.02. The van der Waals surface area contributed by atoms with Crippen molar-refractivity contribution in [2.75, 3.05) is 6.54 Å². The van der Waals surface area contributed by atoms with Crippen LogP contribution >= 0.6 is 11.3 Å². The minimum Gasteiger partial charge on any atom is -0.481 e. The van der Waals surface area contributed by atoms with E-state index in [9.17, 15) is 9.59 Å². The lowest BCUT2D eigenvalue weighted by Gasteiger charge is -2.26. The van der Waals surface area contributed by atoms with Crippen LogP contribution in [0.15, 0.2) is 16.8 Å². The van der Waals surface area contributed by atoms with Gasteiger partial charge in [-0.1, -0.05) is 0 Å². The van der Waals surface area contributed by atoms with Crippen molar-refractivity contribution in [1.82, 2.24) is 4.90 Å². The molecule has 3 atom stereocenters. The van der Waals surface area contributed by atoms with Crippen LogP contribution in [0.1, 0.15) is 31.7 Å². The van der Waals surface area contributed by atoms with Crippen molar-refractivity contribution in [2.45, 2.75) is 32.2 Å². The van der Waals surface area contributed by atoms with Crippen molar-refractivity contribution >= 4 is 23.2 Å². The van der Waals surface area contributed by atoms with Crippen LogP contribution in [0.5, 0.6) is 0 Å². The van der Waals surface area contributed by atoms with E-state index in [0.717, 1.165) is 5.56 Å². The summed E-state index contributed by atoms with van der Waals surface area (Å²) in [4.78, 5) is 25.1. The number of likely N-dealkylation sites (tertiary alicyclic amines) is 1. The summed E-state index contributed by atoms with van der Waals surface area (Å²) in [5.74, 6) is -1.39. The molecule has 2 rings (SSSR count). The number of thiophene rings is 1. The zero-order valence-electron chi connectivity index (χ0n) is 10.5. The van der Waals surface area contributed by atoms with Gasteiger partial charge in [-0.15, -0.1) is 0 Å². The number of carboxylic acids is 1. The van der Waals surface area contributed by atoms with Gasteiger partial charge in [-0.2, -0.15) is 11.3 Å². The highest BCUT2D eigenvalue weighted by Crippen LogP contribution is 2.29. The molecule has 0 spiro atoms. The van der Waals surface area contributed by atoms with Gasteiger partial charge in [-0.3, -0.25) is 9.59 Å². The van der Waals surface area contributed by atoms with Gasteiger partial charge in [0, 0.05) is 12.6 Å². The third-order valence-corrected chi connectivity index (χ3v) is 4.47. The van der Waals surface area contributed by atoms with E-state index in [1.165, 1.54) is 0 Å². The first-order chi connectivity index (χ1) is 8.52. The Morgan fingerprint density at radius 2 is 2.28 bits per heavy atom. The standard InChI is InChI=1S/C13H17NO3S/c1-8(10-4-6-18-7-10)12(15)14-5-3-11(9(14)2)13(16)17/h4,6-9,11H,3,5H2,1-2H3,(H,16,17). The third-order valence-electron chi connectivity index (χ3n) is 3.77. The molecule has 4 nitrogen and oxygen atoms in total. The molecular weight excluding hydrogens is 250 g/mol. The largest absolute Gasteiger partial charge is 0.481 e. The fourth-order valence-electron chi connectivity index (χ4n) is 2.49. The molecule has 0 saturated carbocycles. The van der Waals surface area contributed by atoms with Crippen LogP contribution in [-0.4, -0.2) is 34.5 Å². The molecule has 1 amide bonds. The van der Waals surface area contributed by atoms with Gasteiger partial charge in [0.1, 0.15) is 0 Å². The second kappa shape index (κ2) is 5.10. The second-order valence-electron chi connectivity index (χ2n) is 4.78. The van der Waals surface area contributed by atoms with Crippen LogP contribution in [0.4, 0.5) is 0 Å². The first kappa shape index (κ1) is 13.1. The predicted octanol–water partition coefficient (Wildman–Crippen LogP) is 2.17. The van der Waals surface area contributed by atoms with E-state index in [4.69, 9.17) is 5.11 Å². The van der Waals surface area contributed by atoms with Gasteiger partial charge in [0.15, 0.2) is 0 Å². The lowest BCUT2D eigenvalue weighted by Crippen LogP contribution is -2.39. The summed E-state index contributed by atoms with van der Waals surface area (Å²) in [5, 5.41) is 13.0. The minimum atomic E-state index is -0.805. The van der Waals surface area contributed by atoms with Crippen LogP contribution in [-0.2, 0) is 9.59 Å². The number of amides is 1. The highest BCUT2D eigenvalue weighted by Gasteiger charge is 2.39. The zero-order valence-corrected chi connectivity index (χ0v) is 11.3. The van der Waals surface area contributed by atoms with Crippen LogP contribution < -0.4 is 0 Å². The molecule has 98 valence electrons. The number of aliphatic carboxylic acids is 1. The van der Waals surface area contributed by atoms with Crippen LogP contribution in [0.25, 0.3) is 0 Å². The van der Waals surface area contributed by atoms with Crippen LogP contribution in [0, 0.1) is 5.92 Å². The van der Waals surface area contributed by atoms with Crippen molar-refractivity contribution in [2.24, 2.45) is 5.92 Å². The van der Waals surface area contributed by atoms with Crippen LogP contribution in [0.2, 0.25) is 0 Å². The van der Waals surface area contributed by atoms with Gasteiger partial charge in [-0.05, 0) is 42.7 Å². The Morgan fingerprint density at radius 3 is 2.78 bits per heavy atom. The summed E-state index contributed by atoms with van der Waals surface area (Å²) in [6, 6.07) is 1.74. The molecule has 1 N–H and O–H groups in total. The fraction of sp³-hybridized carbons (Fsp3) is 0.538. The molecule has 1 aromatic rings. The lowest BCUT2D eigenvalue weighted by molar-refractivity contribution is -0.143. The smallest absolute Gasteiger partial charge is 0.308 e. The maximum atomic E-state index is 12.4. The SMILES string of the molecule is CC(C(=O)N1CCC(C(=O)O)C1C)c1ccsc1. The Labute approximate surface area is 110 Å². The van der Waals surface area contributed by atoms with Crippen molar-refractivity contribution in [3.05, 3.63) is 22.4 Å². The molecule has 0 aromatic carbocycles. The van der Waals surface area contributed by atoms with Gasteiger partial charge in [-0.25, -0.2) is 0 Å². The van der Waals surface area contributed by atoms with E-state index < -0.39 is 11.9 Å². The summed E-state index contributed by atoms with van der Waals surface area (Å²) >= 11 is 1.57. The lowest BCUT2D eigenvalue weighted by atomic mass is 10.0. The Bertz CT molecular complexity index is 443. The van der Waals surface area contributed by atoms with E-state index in [-0.39, 0.29) is 17.9 Å². The van der Waals surface area contributed by atoms with E-state index in [2.05, 4.69) is 0 Å².